The monoisotopic (exact) mass is 473 g/mol. The van der Waals surface area contributed by atoms with Gasteiger partial charge in [-0.05, 0) is 58.3 Å². The number of piperidine rings is 1. The van der Waals surface area contributed by atoms with Crippen molar-refractivity contribution < 1.29 is 29.1 Å². The van der Waals surface area contributed by atoms with E-state index in [2.05, 4.69) is 24.4 Å². The van der Waals surface area contributed by atoms with E-state index in [0.29, 0.717) is 36.2 Å². The van der Waals surface area contributed by atoms with Crippen LogP contribution in [0, 0.1) is 23.7 Å². The third kappa shape index (κ3) is 4.03. The molecule has 2 aliphatic carbocycles. The molecule has 9 unspecified atom stereocenters. The van der Waals surface area contributed by atoms with E-state index < -0.39 is 11.2 Å². The van der Waals surface area contributed by atoms with Gasteiger partial charge in [-0.25, -0.2) is 4.79 Å². The molecular weight excluding hydrogens is 432 g/mol. The molecule has 0 aromatic rings. The number of carbonyl (C=O) groups excluding carboxylic acids is 2. The first-order chi connectivity index (χ1) is 16.2. The third-order valence-electron chi connectivity index (χ3n) is 9.53. The Bertz CT molecular complexity index is 878. The van der Waals surface area contributed by atoms with Gasteiger partial charge in [-0.3, -0.25) is 10.5 Å². The molecule has 4 fully saturated rings. The van der Waals surface area contributed by atoms with Crippen LogP contribution in [0.3, 0.4) is 0 Å². The van der Waals surface area contributed by atoms with E-state index in [1.807, 2.05) is 6.92 Å². The van der Waals surface area contributed by atoms with Gasteiger partial charge in [0.15, 0.2) is 0 Å². The summed E-state index contributed by atoms with van der Waals surface area (Å²) in [7, 11) is 0. The highest BCUT2D eigenvalue weighted by atomic mass is 16.6. The summed E-state index contributed by atoms with van der Waals surface area (Å²) in [5.41, 5.74) is 5.47. The van der Waals surface area contributed by atoms with Gasteiger partial charge < -0.3 is 19.5 Å². The summed E-state index contributed by atoms with van der Waals surface area (Å²) in [4.78, 5) is 25.0. The summed E-state index contributed by atoms with van der Waals surface area (Å²) in [6.07, 6.45) is 13.2. The quantitative estimate of drug-likeness (QED) is 0.370. The first-order valence-corrected chi connectivity index (χ1v) is 13.2. The number of allylic oxidation sites excluding steroid dienone is 1. The lowest BCUT2D eigenvalue weighted by atomic mass is 9.60. The molecule has 3 saturated heterocycles. The van der Waals surface area contributed by atoms with Gasteiger partial charge in [0, 0.05) is 43.1 Å². The van der Waals surface area contributed by atoms with Gasteiger partial charge in [0.25, 0.3) is 0 Å². The van der Waals surface area contributed by atoms with Crippen molar-refractivity contribution >= 4 is 11.9 Å². The van der Waals surface area contributed by atoms with Crippen LogP contribution in [0.15, 0.2) is 23.8 Å². The molecule has 1 spiro atoms. The molecule has 3 aliphatic heterocycles. The van der Waals surface area contributed by atoms with Crippen molar-refractivity contribution in [2.75, 3.05) is 6.54 Å². The second kappa shape index (κ2) is 9.07. The maximum absolute atomic E-state index is 13.0. The van der Waals surface area contributed by atoms with Gasteiger partial charge >= 0.3 is 11.9 Å². The maximum atomic E-state index is 13.0. The van der Waals surface area contributed by atoms with Gasteiger partial charge in [-0.2, -0.15) is 0 Å². The number of quaternary nitrogens is 1. The number of esters is 2. The molecule has 4 N–H and O–H groups in total. The molecule has 0 aromatic heterocycles. The minimum Gasteiger partial charge on any atom is -0.462 e. The van der Waals surface area contributed by atoms with Gasteiger partial charge in [-0.15, -0.1) is 0 Å². The van der Waals surface area contributed by atoms with E-state index in [0.717, 1.165) is 45.1 Å². The van der Waals surface area contributed by atoms with Crippen LogP contribution in [0.5, 0.6) is 0 Å². The molecule has 7 heteroatoms. The fourth-order valence-corrected chi connectivity index (χ4v) is 7.41. The van der Waals surface area contributed by atoms with Crippen molar-refractivity contribution in [3.63, 3.8) is 0 Å². The minimum absolute atomic E-state index is 0.0248. The fraction of sp³-hybridized carbons (Fsp3) is 0.778. The Morgan fingerprint density at radius 2 is 2.03 bits per heavy atom. The van der Waals surface area contributed by atoms with Crippen molar-refractivity contribution in [2.45, 2.75) is 102 Å². The highest BCUT2D eigenvalue weighted by molar-refractivity contribution is 5.88. The molecule has 3 heterocycles. The average molecular weight is 474 g/mol. The second-order valence-corrected chi connectivity index (χ2v) is 11.5. The zero-order valence-electron chi connectivity index (χ0n) is 20.8. The van der Waals surface area contributed by atoms with Crippen LogP contribution < -0.4 is 11.1 Å². The number of fused-ring (bicyclic) bond motifs is 2. The number of rotatable bonds is 3. The normalized spacial score (nSPS) is 46.5. The van der Waals surface area contributed by atoms with E-state index >= 15 is 0 Å². The van der Waals surface area contributed by atoms with E-state index in [4.69, 9.17) is 19.9 Å². The van der Waals surface area contributed by atoms with Crippen molar-refractivity contribution in [3.05, 3.63) is 23.8 Å². The molecule has 34 heavy (non-hydrogen) atoms. The summed E-state index contributed by atoms with van der Waals surface area (Å²) in [6, 6.07) is 0. The summed E-state index contributed by atoms with van der Waals surface area (Å²) < 4.78 is 19.2. The van der Waals surface area contributed by atoms with Crippen LogP contribution in [0.4, 0.5) is 0 Å². The molecule has 0 amide bonds. The third-order valence-corrected chi connectivity index (χ3v) is 9.53. The van der Waals surface area contributed by atoms with Crippen molar-refractivity contribution in [1.29, 1.82) is 0 Å². The number of ether oxygens (including phenoxy) is 3. The van der Waals surface area contributed by atoms with Crippen LogP contribution in [0.25, 0.3) is 0 Å². The Balaban J connectivity index is 1.48. The molecule has 0 radical (unpaired) electrons. The van der Waals surface area contributed by atoms with E-state index in [-0.39, 0.29) is 36.2 Å². The summed E-state index contributed by atoms with van der Waals surface area (Å²) in [6.45, 7) is 6.70. The number of nitrogens with two attached hydrogens (primary N) is 2. The predicted octanol–water partition coefficient (Wildman–Crippen LogP) is 2.35. The van der Waals surface area contributed by atoms with Gasteiger partial charge in [-0.1, -0.05) is 18.2 Å². The summed E-state index contributed by atoms with van der Waals surface area (Å²) in [5.74, 6) is 1.02. The molecule has 0 aromatic carbocycles. The molecule has 9 atom stereocenters. The molecule has 0 bridgehead atoms. The molecule has 5 rings (SSSR count). The Hall–Kier alpha value is -1.70. The Morgan fingerprint density at radius 3 is 2.76 bits per heavy atom. The maximum Gasteiger partial charge on any atom is 0.334 e. The highest BCUT2D eigenvalue weighted by Gasteiger charge is 2.66. The molecule has 188 valence electrons. The van der Waals surface area contributed by atoms with Crippen molar-refractivity contribution in [1.82, 2.24) is 0 Å². The second-order valence-electron chi connectivity index (χ2n) is 11.5. The minimum atomic E-state index is -0.757. The number of hydrogen-bond acceptors (Lipinski definition) is 6. The highest BCUT2D eigenvalue weighted by Crippen LogP contribution is 2.58. The van der Waals surface area contributed by atoms with E-state index in [9.17, 15) is 9.59 Å². The van der Waals surface area contributed by atoms with Gasteiger partial charge in [0.05, 0.1) is 12.6 Å². The lowest BCUT2D eigenvalue weighted by molar-refractivity contribution is -0.704. The smallest absolute Gasteiger partial charge is 0.334 e. The van der Waals surface area contributed by atoms with Crippen molar-refractivity contribution in [3.8, 4) is 0 Å². The van der Waals surface area contributed by atoms with E-state index in [1.165, 1.54) is 0 Å². The first kappa shape index (κ1) is 24.0. The number of hydrogen-bond donors (Lipinski definition) is 2. The SMILES string of the molecule is CC=C(C)C(=O)OC1(C)CC=CC(C2CCC(N)[NH2+]C2)C12CC1CC3CCC(=O)OC3CC1O2. The van der Waals surface area contributed by atoms with Crippen LogP contribution >= 0.6 is 0 Å². The molecule has 5 aliphatic rings. The standard InChI is InChI=1S/C27H40N2O5/c1-4-16(2)25(31)34-26(3)11-5-6-20(18-7-9-23(28)29-15-18)27(26)14-19-12-17-8-10-24(30)32-21(17)13-22(19)33-27/h4-6,17-23,29H,7-15,28H2,1-3H3/p+1. The van der Waals surface area contributed by atoms with Gasteiger partial charge in [0.2, 0.25) is 0 Å². The first-order valence-electron chi connectivity index (χ1n) is 13.2. The van der Waals surface area contributed by atoms with Gasteiger partial charge in [0.1, 0.15) is 23.5 Å². The predicted molar refractivity (Wildman–Crippen MR) is 126 cm³/mol. The van der Waals surface area contributed by atoms with Crippen LogP contribution in [-0.2, 0) is 23.8 Å². The Morgan fingerprint density at radius 1 is 1.21 bits per heavy atom. The van der Waals surface area contributed by atoms with Crippen molar-refractivity contribution in [2.24, 2.45) is 29.4 Å². The zero-order chi connectivity index (χ0) is 24.1. The van der Waals surface area contributed by atoms with E-state index in [1.54, 1.807) is 13.0 Å². The van der Waals surface area contributed by atoms with Crippen LogP contribution in [0.1, 0.15) is 72.1 Å². The molecule has 7 nitrogen and oxygen atoms in total. The zero-order valence-corrected chi connectivity index (χ0v) is 20.8. The van der Waals surface area contributed by atoms with Crippen LogP contribution in [0.2, 0.25) is 0 Å². The Kier molecular flexibility index (Phi) is 6.40. The van der Waals surface area contributed by atoms with Crippen LogP contribution in [-0.4, -0.2) is 48.1 Å². The topological polar surface area (TPSA) is 104 Å². The largest absolute Gasteiger partial charge is 0.462 e. The lowest BCUT2D eigenvalue weighted by Crippen LogP contribution is -2.95. The average Bonchev–Trinajstić information content (AvgIpc) is 3.19. The fourth-order valence-electron chi connectivity index (χ4n) is 7.41. The summed E-state index contributed by atoms with van der Waals surface area (Å²) >= 11 is 0. The Labute approximate surface area is 202 Å². The summed E-state index contributed by atoms with van der Waals surface area (Å²) in [5, 5.41) is 2.24. The molecular formula is C27H41N2O5+. The number of carbonyl (C=O) groups is 2. The molecule has 1 saturated carbocycles. The lowest BCUT2D eigenvalue weighted by Gasteiger charge is -2.53.